The SMILES string of the molecule is CC1(C)CC[C@]2(CC(=O)NCC(F)F)CC[C@]3(C)C(C(=O)C[C@@H]4[C@@]5(C)C=C(C#N)C(=O)C(C)(C)[C@@H]5CC[C@]43C)C2C1. The largest absolute Gasteiger partial charge is 0.350 e. The van der Waals surface area contributed by atoms with Gasteiger partial charge in [-0.1, -0.05) is 54.5 Å². The van der Waals surface area contributed by atoms with E-state index >= 15 is 0 Å². The molecule has 5 rings (SSSR count). The van der Waals surface area contributed by atoms with Gasteiger partial charge in [-0.05, 0) is 89.8 Å². The van der Waals surface area contributed by atoms with Crippen LogP contribution in [0.25, 0.3) is 0 Å². The third-order valence-electron chi connectivity index (χ3n) is 13.6. The molecule has 0 radical (unpaired) electrons. The van der Waals surface area contributed by atoms with Gasteiger partial charge in [-0.25, -0.2) is 8.78 Å². The molecule has 4 fully saturated rings. The first-order chi connectivity index (χ1) is 18.9. The molecular formula is C34H48F2N2O3. The van der Waals surface area contributed by atoms with Crippen molar-refractivity contribution in [3.8, 4) is 6.07 Å². The van der Waals surface area contributed by atoms with Gasteiger partial charge in [0.05, 0.1) is 12.1 Å². The maximum Gasteiger partial charge on any atom is 0.255 e. The fraction of sp³-hybridized carbons (Fsp3) is 0.824. The monoisotopic (exact) mass is 570 g/mol. The van der Waals surface area contributed by atoms with Crippen molar-refractivity contribution in [2.75, 3.05) is 6.54 Å². The minimum absolute atomic E-state index is 0.0108. The summed E-state index contributed by atoms with van der Waals surface area (Å²) < 4.78 is 25.8. The second-order valence-corrected chi connectivity index (χ2v) is 16.4. The molecule has 0 bridgehead atoms. The van der Waals surface area contributed by atoms with Gasteiger partial charge in [0.15, 0.2) is 5.78 Å². The Kier molecular flexibility index (Phi) is 7.00. The van der Waals surface area contributed by atoms with E-state index in [4.69, 9.17) is 0 Å². The summed E-state index contributed by atoms with van der Waals surface area (Å²) in [6.07, 6.45) is 5.99. The Bertz CT molecular complexity index is 1230. The maximum atomic E-state index is 14.6. The van der Waals surface area contributed by atoms with Gasteiger partial charge in [-0.3, -0.25) is 14.4 Å². The van der Waals surface area contributed by atoms with Crippen LogP contribution in [0, 0.1) is 67.5 Å². The van der Waals surface area contributed by atoms with Crippen LogP contribution < -0.4 is 5.32 Å². The van der Waals surface area contributed by atoms with Crippen molar-refractivity contribution in [3.63, 3.8) is 0 Å². The zero-order valence-electron chi connectivity index (χ0n) is 26.0. The number of fused-ring (bicyclic) bond motifs is 7. The molecule has 0 aromatic carbocycles. The Labute approximate surface area is 244 Å². The molecule has 4 saturated carbocycles. The molecule has 1 N–H and O–H groups in total. The molecule has 0 saturated heterocycles. The van der Waals surface area contributed by atoms with E-state index in [0.29, 0.717) is 6.42 Å². The molecular weight excluding hydrogens is 522 g/mol. The van der Waals surface area contributed by atoms with Crippen LogP contribution in [-0.2, 0) is 14.4 Å². The van der Waals surface area contributed by atoms with Crippen LogP contribution in [-0.4, -0.2) is 30.4 Å². The van der Waals surface area contributed by atoms with Crippen LogP contribution in [0.4, 0.5) is 8.78 Å². The van der Waals surface area contributed by atoms with Crippen molar-refractivity contribution in [3.05, 3.63) is 11.6 Å². The number of Topliss-reactive ketones (excluding diaryl/α,β-unsaturated/α-hetero) is 2. The van der Waals surface area contributed by atoms with E-state index in [1.807, 2.05) is 19.9 Å². The first-order valence-corrected chi connectivity index (χ1v) is 15.6. The highest BCUT2D eigenvalue weighted by atomic mass is 19.3. The Morgan fingerprint density at radius 3 is 2.29 bits per heavy atom. The highest BCUT2D eigenvalue weighted by molar-refractivity contribution is 6.04. The molecule has 0 heterocycles. The lowest BCUT2D eigenvalue weighted by atomic mass is 9.31. The molecule has 226 valence electrons. The zero-order valence-corrected chi connectivity index (χ0v) is 26.0. The Morgan fingerprint density at radius 2 is 1.66 bits per heavy atom. The summed E-state index contributed by atoms with van der Waals surface area (Å²) in [6, 6.07) is 2.18. The molecule has 0 aliphatic heterocycles. The lowest BCUT2D eigenvalue weighted by Crippen LogP contribution is -2.68. The quantitative estimate of drug-likeness (QED) is 0.392. The average molecular weight is 571 g/mol. The van der Waals surface area contributed by atoms with E-state index < -0.39 is 23.8 Å². The number of amides is 1. The highest BCUT2D eigenvalue weighted by Crippen LogP contribution is 2.76. The van der Waals surface area contributed by atoms with Crippen molar-refractivity contribution in [1.82, 2.24) is 5.32 Å². The number of nitrogens with zero attached hydrogens (tertiary/aromatic N) is 1. The first kappa shape index (κ1) is 30.4. The second kappa shape index (κ2) is 9.45. The van der Waals surface area contributed by atoms with E-state index in [-0.39, 0.29) is 74.8 Å². The number of ketones is 2. The normalized spacial score (nSPS) is 44.5. The van der Waals surface area contributed by atoms with Gasteiger partial charge in [-0.2, -0.15) is 5.26 Å². The molecule has 5 aliphatic carbocycles. The van der Waals surface area contributed by atoms with E-state index in [0.717, 1.165) is 44.9 Å². The molecule has 2 unspecified atom stereocenters. The average Bonchev–Trinajstić information content (AvgIpc) is 2.87. The van der Waals surface area contributed by atoms with Gasteiger partial charge in [0.2, 0.25) is 5.91 Å². The van der Waals surface area contributed by atoms with Crippen LogP contribution in [0.15, 0.2) is 11.6 Å². The standard InChI is InChI=1S/C34H48F2N2O3/c1-29(2)10-12-34(17-26(40)38-19-25(35)36)13-11-33(7)27(21(34)16-29)22(39)14-24-31(5)15-20(18-37)28(41)30(3,4)23(31)8-9-32(24,33)6/h15,21,23-25,27H,8-14,16-17,19H2,1-7H3,(H,38,40)/t21?,23-,24+,27?,31-,32+,33+,34+/m0/s1. The fourth-order valence-electron chi connectivity index (χ4n) is 11.3. The summed E-state index contributed by atoms with van der Waals surface area (Å²) in [6.45, 7) is 14.7. The van der Waals surface area contributed by atoms with E-state index in [2.05, 4.69) is 46.0 Å². The molecule has 8 atom stereocenters. The smallest absolute Gasteiger partial charge is 0.255 e. The predicted octanol–water partition coefficient (Wildman–Crippen LogP) is 7.06. The minimum atomic E-state index is -2.59. The van der Waals surface area contributed by atoms with Gasteiger partial charge >= 0.3 is 0 Å². The van der Waals surface area contributed by atoms with Crippen LogP contribution in [0.3, 0.4) is 0 Å². The molecule has 7 heteroatoms. The van der Waals surface area contributed by atoms with Crippen LogP contribution in [0.5, 0.6) is 0 Å². The third-order valence-corrected chi connectivity index (χ3v) is 13.6. The van der Waals surface area contributed by atoms with Gasteiger partial charge in [0.1, 0.15) is 11.9 Å². The molecule has 1 amide bonds. The van der Waals surface area contributed by atoms with Crippen molar-refractivity contribution < 1.29 is 23.2 Å². The first-order valence-electron chi connectivity index (χ1n) is 15.6. The molecule has 5 aliphatic rings. The molecule has 0 aromatic heterocycles. The number of carbonyl (C=O) groups is 3. The molecule has 0 spiro atoms. The number of nitriles is 1. The number of halogens is 2. The lowest BCUT2D eigenvalue weighted by molar-refractivity contribution is -0.223. The van der Waals surface area contributed by atoms with Crippen molar-refractivity contribution in [2.45, 2.75) is 113 Å². The van der Waals surface area contributed by atoms with Crippen molar-refractivity contribution >= 4 is 17.5 Å². The maximum absolute atomic E-state index is 14.6. The summed E-state index contributed by atoms with van der Waals surface area (Å²) in [5.74, 6) is -0.280. The number of nitrogens with one attached hydrogen (secondary N) is 1. The number of allylic oxidation sites excluding steroid dienone is 2. The zero-order chi connectivity index (χ0) is 30.4. The predicted molar refractivity (Wildman–Crippen MR) is 153 cm³/mol. The Morgan fingerprint density at radius 1 is 1.00 bits per heavy atom. The van der Waals surface area contributed by atoms with Gasteiger partial charge in [0.25, 0.3) is 6.43 Å². The molecule has 41 heavy (non-hydrogen) atoms. The lowest BCUT2D eigenvalue weighted by Gasteiger charge is -2.72. The summed E-state index contributed by atoms with van der Waals surface area (Å²) in [5, 5.41) is 12.4. The number of hydrogen-bond donors (Lipinski definition) is 1. The molecule has 5 nitrogen and oxygen atoms in total. The number of alkyl halides is 2. The summed E-state index contributed by atoms with van der Waals surface area (Å²) in [7, 11) is 0. The number of carbonyl (C=O) groups excluding carboxylic acids is 3. The van der Waals surface area contributed by atoms with Crippen LogP contribution in [0.2, 0.25) is 0 Å². The topological polar surface area (TPSA) is 87.0 Å². The Balaban J connectivity index is 1.56. The van der Waals surface area contributed by atoms with Gasteiger partial charge in [0, 0.05) is 24.2 Å². The summed E-state index contributed by atoms with van der Waals surface area (Å²) >= 11 is 0. The second-order valence-electron chi connectivity index (χ2n) is 16.4. The van der Waals surface area contributed by atoms with Crippen molar-refractivity contribution in [1.29, 1.82) is 5.26 Å². The van der Waals surface area contributed by atoms with Crippen molar-refractivity contribution in [2.24, 2.45) is 56.2 Å². The summed E-state index contributed by atoms with van der Waals surface area (Å²) in [4.78, 5) is 40.8. The van der Waals surface area contributed by atoms with E-state index in [9.17, 15) is 28.4 Å². The van der Waals surface area contributed by atoms with E-state index in [1.54, 1.807) is 0 Å². The van der Waals surface area contributed by atoms with Gasteiger partial charge < -0.3 is 5.32 Å². The number of hydrogen-bond acceptors (Lipinski definition) is 4. The highest BCUT2D eigenvalue weighted by Gasteiger charge is 2.72. The van der Waals surface area contributed by atoms with E-state index in [1.165, 1.54) is 0 Å². The minimum Gasteiger partial charge on any atom is -0.350 e. The van der Waals surface area contributed by atoms with Crippen LogP contribution in [0.1, 0.15) is 106 Å². The molecule has 0 aromatic rings. The summed E-state index contributed by atoms with van der Waals surface area (Å²) in [5.41, 5.74) is -1.70. The van der Waals surface area contributed by atoms with Crippen LogP contribution >= 0.6 is 0 Å². The fourth-order valence-corrected chi connectivity index (χ4v) is 11.3. The number of rotatable bonds is 4. The van der Waals surface area contributed by atoms with Gasteiger partial charge in [-0.15, -0.1) is 0 Å². The third kappa shape index (κ3) is 4.27. The Hall–Kier alpha value is -2.10.